The molecule has 2 N–H and O–H groups in total. The molecule has 4 aromatic rings. The molecule has 0 aliphatic carbocycles. The van der Waals surface area contributed by atoms with Crippen LogP contribution in [0.25, 0.3) is 22.8 Å². The van der Waals surface area contributed by atoms with E-state index in [9.17, 15) is 9.59 Å². The molecule has 142 valence electrons. The van der Waals surface area contributed by atoms with Gasteiger partial charge in [0.25, 0.3) is 5.91 Å². The van der Waals surface area contributed by atoms with Crippen LogP contribution < -0.4 is 10.9 Å². The lowest BCUT2D eigenvalue weighted by Gasteiger charge is -2.07. The van der Waals surface area contributed by atoms with Gasteiger partial charge in [-0.1, -0.05) is 42.5 Å². The molecule has 1 amide bonds. The molecule has 2 aromatic carbocycles. The second-order valence-corrected chi connectivity index (χ2v) is 6.08. The van der Waals surface area contributed by atoms with Crippen LogP contribution in [0.1, 0.15) is 15.9 Å². The number of anilines is 1. The van der Waals surface area contributed by atoms with E-state index in [-0.39, 0.29) is 5.91 Å². The highest BCUT2D eigenvalue weighted by molar-refractivity contribution is 5.94. The van der Waals surface area contributed by atoms with Crippen molar-refractivity contribution in [3.8, 4) is 5.69 Å². The van der Waals surface area contributed by atoms with Crippen molar-refractivity contribution in [1.82, 2.24) is 25.2 Å². The Hall–Kier alpha value is -4.33. The number of para-hydroxylation sites is 1. The largest absolute Gasteiger partial charge is 0.298 e. The summed E-state index contributed by atoms with van der Waals surface area (Å²) in [5.41, 5.74) is 8.26. The number of nitrogens with zero attached hydrogens (tertiary/aromatic N) is 4. The number of hydrogen-bond acceptors (Lipinski definition) is 6. The van der Waals surface area contributed by atoms with Gasteiger partial charge in [-0.05, 0) is 23.8 Å². The molecule has 4 rings (SSSR count). The van der Waals surface area contributed by atoms with Gasteiger partial charge in [0, 0.05) is 11.6 Å². The highest BCUT2D eigenvalue weighted by Gasteiger charge is 2.11. The monoisotopic (exact) mass is 384 g/mol. The minimum Gasteiger partial charge on any atom is -0.298 e. The first kappa shape index (κ1) is 18.1. The molecular weight excluding hydrogens is 368 g/mol. The maximum atomic E-state index is 12.1. The summed E-state index contributed by atoms with van der Waals surface area (Å²) in [7, 11) is 0. The van der Waals surface area contributed by atoms with Crippen molar-refractivity contribution in [3.05, 3.63) is 84.3 Å². The fourth-order valence-corrected chi connectivity index (χ4v) is 2.72. The van der Waals surface area contributed by atoms with Crippen LogP contribution in [0.2, 0.25) is 0 Å². The Morgan fingerprint density at radius 3 is 2.48 bits per heavy atom. The number of fused-ring (bicyclic) bond motifs is 1. The van der Waals surface area contributed by atoms with Crippen LogP contribution in [-0.4, -0.2) is 31.9 Å². The van der Waals surface area contributed by atoms with Crippen LogP contribution in [0.5, 0.6) is 0 Å². The van der Waals surface area contributed by atoms with Crippen LogP contribution in [0.3, 0.4) is 0 Å². The molecule has 0 fully saturated rings. The van der Waals surface area contributed by atoms with E-state index in [1.165, 1.54) is 12.4 Å². The quantitative estimate of drug-likeness (QED) is 0.301. The third kappa shape index (κ3) is 4.01. The van der Waals surface area contributed by atoms with E-state index >= 15 is 0 Å². The Balaban J connectivity index is 1.47. The van der Waals surface area contributed by atoms with Crippen molar-refractivity contribution in [2.45, 2.75) is 0 Å². The minimum atomic E-state index is -0.355. The zero-order valence-corrected chi connectivity index (χ0v) is 15.2. The zero-order valence-electron chi connectivity index (χ0n) is 15.2. The maximum Gasteiger partial charge on any atom is 0.262 e. The number of amides is 1. The smallest absolute Gasteiger partial charge is 0.262 e. The second kappa shape index (κ2) is 8.13. The predicted molar refractivity (Wildman–Crippen MR) is 109 cm³/mol. The molecule has 0 unspecified atom stereocenters. The average molecular weight is 384 g/mol. The summed E-state index contributed by atoms with van der Waals surface area (Å²) in [6.45, 7) is 0. The van der Waals surface area contributed by atoms with Gasteiger partial charge in [-0.2, -0.15) is 5.10 Å². The molecule has 2 heterocycles. The Kier molecular flexibility index (Phi) is 5.06. The van der Waals surface area contributed by atoms with Gasteiger partial charge in [0.15, 0.2) is 11.5 Å². The first-order valence-corrected chi connectivity index (χ1v) is 8.78. The minimum absolute atomic E-state index is 0.355. The molecule has 0 aliphatic heterocycles. The molecule has 0 aliphatic rings. The average Bonchev–Trinajstić information content (AvgIpc) is 3.22. The molecule has 8 nitrogen and oxygen atoms in total. The Bertz CT molecular complexity index is 1180. The van der Waals surface area contributed by atoms with Crippen molar-refractivity contribution in [2.75, 3.05) is 5.43 Å². The fraction of sp³-hybridized carbons (Fsp3) is 0. The molecule has 0 saturated carbocycles. The lowest BCUT2D eigenvalue weighted by molar-refractivity contribution is -0.116. The van der Waals surface area contributed by atoms with E-state index in [0.717, 1.165) is 17.5 Å². The van der Waals surface area contributed by atoms with Crippen LogP contribution in [-0.2, 0) is 4.79 Å². The molecule has 29 heavy (non-hydrogen) atoms. The van der Waals surface area contributed by atoms with Crippen molar-refractivity contribution < 1.29 is 9.59 Å². The predicted octanol–water partition coefficient (Wildman–Crippen LogP) is 2.78. The molecular formula is C21H16N6O2. The van der Waals surface area contributed by atoms with Crippen molar-refractivity contribution >= 4 is 35.1 Å². The van der Waals surface area contributed by atoms with Gasteiger partial charge in [0.05, 0.1) is 17.3 Å². The van der Waals surface area contributed by atoms with Crippen LogP contribution >= 0.6 is 0 Å². The van der Waals surface area contributed by atoms with Crippen molar-refractivity contribution in [2.24, 2.45) is 0 Å². The van der Waals surface area contributed by atoms with Gasteiger partial charge in [-0.15, -0.1) is 0 Å². The summed E-state index contributed by atoms with van der Waals surface area (Å²) < 4.78 is 1.70. The molecule has 0 atom stereocenters. The summed E-state index contributed by atoms with van der Waals surface area (Å²) in [5.74, 6) is 0.0842. The van der Waals surface area contributed by atoms with Crippen molar-refractivity contribution in [3.63, 3.8) is 0 Å². The van der Waals surface area contributed by atoms with Crippen molar-refractivity contribution in [1.29, 1.82) is 0 Å². The van der Waals surface area contributed by atoms with Gasteiger partial charge in [-0.3, -0.25) is 20.4 Å². The van der Waals surface area contributed by atoms with Crippen LogP contribution in [0, 0.1) is 0 Å². The van der Waals surface area contributed by atoms with E-state index in [4.69, 9.17) is 0 Å². The van der Waals surface area contributed by atoms with Crippen LogP contribution in [0.4, 0.5) is 5.82 Å². The third-order valence-electron chi connectivity index (χ3n) is 4.17. The zero-order chi connectivity index (χ0) is 20.1. The van der Waals surface area contributed by atoms with E-state index in [1.54, 1.807) is 41.2 Å². The topological polar surface area (TPSA) is 102 Å². The second-order valence-electron chi connectivity index (χ2n) is 6.08. The molecule has 2 aromatic heterocycles. The fourth-order valence-electron chi connectivity index (χ4n) is 2.72. The van der Waals surface area contributed by atoms with Gasteiger partial charge in [-0.25, -0.2) is 14.6 Å². The van der Waals surface area contributed by atoms with Gasteiger partial charge >= 0.3 is 0 Å². The summed E-state index contributed by atoms with van der Waals surface area (Å²) >= 11 is 0. The highest BCUT2D eigenvalue weighted by atomic mass is 16.2. The summed E-state index contributed by atoms with van der Waals surface area (Å²) in [4.78, 5) is 31.2. The number of nitrogens with one attached hydrogen (secondary N) is 2. The molecule has 0 saturated heterocycles. The number of carbonyl (C=O) groups is 2. The SMILES string of the molecule is O=Cc1ccc(C=CC(=O)NNc2ncnc3c2cnn3-c2ccccc2)cc1. The lowest BCUT2D eigenvalue weighted by atomic mass is 10.1. The number of aromatic nitrogens is 4. The summed E-state index contributed by atoms with van der Waals surface area (Å²) in [6, 6.07) is 16.5. The number of carbonyl (C=O) groups excluding carboxylic acids is 2. The maximum absolute atomic E-state index is 12.1. The van der Waals surface area contributed by atoms with E-state index in [0.29, 0.717) is 22.4 Å². The summed E-state index contributed by atoms with van der Waals surface area (Å²) in [5, 5.41) is 5.04. The molecule has 0 bridgehead atoms. The highest BCUT2D eigenvalue weighted by Crippen LogP contribution is 2.20. The van der Waals surface area contributed by atoms with Gasteiger partial charge in [0.1, 0.15) is 12.6 Å². The van der Waals surface area contributed by atoms with Gasteiger partial charge in [0.2, 0.25) is 0 Å². The summed E-state index contributed by atoms with van der Waals surface area (Å²) in [6.07, 6.45) is 6.85. The van der Waals surface area contributed by atoms with Crippen LogP contribution in [0.15, 0.2) is 73.2 Å². The van der Waals surface area contributed by atoms with Gasteiger partial charge < -0.3 is 0 Å². The Morgan fingerprint density at radius 2 is 1.72 bits per heavy atom. The first-order chi connectivity index (χ1) is 14.2. The third-order valence-corrected chi connectivity index (χ3v) is 4.17. The Morgan fingerprint density at radius 1 is 0.966 bits per heavy atom. The van der Waals surface area contributed by atoms with E-state index in [1.807, 2.05) is 30.3 Å². The van der Waals surface area contributed by atoms with E-state index < -0.39 is 0 Å². The number of hydrogen-bond donors (Lipinski definition) is 2. The molecule has 0 spiro atoms. The number of aldehydes is 1. The number of hydrazine groups is 1. The standard InChI is InChI=1S/C21H16N6O2/c28-13-16-8-6-15(7-9-16)10-11-19(29)25-26-20-18-12-24-27(21(18)23-14-22-20)17-4-2-1-3-5-17/h1-14H,(H,25,29)(H,22,23,26). The number of benzene rings is 2. The Labute approximate surface area is 165 Å². The molecule has 0 radical (unpaired) electrons. The first-order valence-electron chi connectivity index (χ1n) is 8.78. The number of rotatable bonds is 6. The normalized spacial score (nSPS) is 10.9. The van der Waals surface area contributed by atoms with E-state index in [2.05, 4.69) is 25.9 Å². The molecule has 8 heteroatoms. The lowest BCUT2D eigenvalue weighted by Crippen LogP contribution is -2.28.